The van der Waals surface area contributed by atoms with E-state index in [1.807, 2.05) is 24.4 Å². The molecule has 0 radical (unpaired) electrons. The van der Waals surface area contributed by atoms with Crippen LogP contribution in [0.5, 0.6) is 0 Å². The van der Waals surface area contributed by atoms with Crippen LogP contribution in [-0.2, 0) is 0 Å². The van der Waals surface area contributed by atoms with Crippen LogP contribution >= 0.6 is 0 Å². The lowest BCUT2D eigenvalue weighted by molar-refractivity contribution is 0.288. The Kier molecular flexibility index (Phi) is 5.81. The summed E-state index contributed by atoms with van der Waals surface area (Å²) in [5.41, 5.74) is 1.12. The maximum atomic E-state index is 4.54. The van der Waals surface area contributed by atoms with Crippen molar-refractivity contribution in [3.63, 3.8) is 0 Å². The molecule has 0 saturated carbocycles. The van der Waals surface area contributed by atoms with Crippen LogP contribution in [0.1, 0.15) is 26.7 Å². The van der Waals surface area contributed by atoms with Crippen LogP contribution in [0.3, 0.4) is 0 Å². The number of nitrogens with one attached hydrogen (secondary N) is 1. The Hall–Kier alpha value is -1.61. The smallest absolute Gasteiger partial charge is 0.109 e. The molecule has 1 aliphatic rings. The Morgan fingerprint density at radius 3 is 2.65 bits per heavy atom. The van der Waals surface area contributed by atoms with Gasteiger partial charge in [0.05, 0.1) is 0 Å². The monoisotopic (exact) mass is 271 g/mol. The molecule has 1 aliphatic heterocycles. The van der Waals surface area contributed by atoms with Gasteiger partial charge in [0, 0.05) is 17.8 Å². The fourth-order valence-corrected chi connectivity index (χ4v) is 2.51. The summed E-state index contributed by atoms with van der Waals surface area (Å²) in [7, 11) is 0. The van der Waals surface area contributed by atoms with Crippen molar-refractivity contribution in [1.29, 1.82) is 0 Å². The van der Waals surface area contributed by atoms with Crippen molar-refractivity contribution >= 4 is 11.5 Å². The lowest BCUT2D eigenvalue weighted by Gasteiger charge is -2.25. The van der Waals surface area contributed by atoms with Crippen LogP contribution in [0.15, 0.2) is 47.6 Å². The number of hydrogen-bond acceptors (Lipinski definition) is 3. The number of rotatable bonds is 6. The van der Waals surface area contributed by atoms with Crippen LogP contribution < -0.4 is 5.32 Å². The van der Waals surface area contributed by atoms with E-state index in [1.54, 1.807) is 0 Å². The standard InChI is InChI=1S/C17H25N3/c1-3-20(4-2)14-12-15-9-8-13-18-17(15)19-16-10-6-5-7-11-16/h5-8,10-11,13,15H,3-4,9,12,14H2,1-2H3,(H,18,19). The van der Waals surface area contributed by atoms with Gasteiger partial charge in [-0.05, 0) is 44.6 Å². The third-order valence-electron chi connectivity index (χ3n) is 3.86. The van der Waals surface area contributed by atoms with Crippen molar-refractivity contribution in [1.82, 2.24) is 4.90 Å². The highest BCUT2D eigenvalue weighted by Gasteiger charge is 2.18. The largest absolute Gasteiger partial charge is 0.344 e. The van der Waals surface area contributed by atoms with Gasteiger partial charge in [0.15, 0.2) is 0 Å². The highest BCUT2D eigenvalue weighted by atomic mass is 15.1. The number of allylic oxidation sites excluding steroid dienone is 1. The van der Waals surface area contributed by atoms with Gasteiger partial charge in [-0.1, -0.05) is 38.1 Å². The van der Waals surface area contributed by atoms with Crippen LogP contribution in [0.25, 0.3) is 0 Å². The summed E-state index contributed by atoms with van der Waals surface area (Å²) in [4.78, 5) is 7.01. The third-order valence-corrected chi connectivity index (χ3v) is 3.86. The lowest BCUT2D eigenvalue weighted by Crippen LogP contribution is -2.30. The molecule has 0 amide bonds. The first-order valence-corrected chi connectivity index (χ1v) is 7.60. The van der Waals surface area contributed by atoms with Crippen LogP contribution in [0.4, 0.5) is 5.69 Å². The molecule has 1 aromatic rings. The number of amidine groups is 1. The van der Waals surface area contributed by atoms with E-state index in [4.69, 9.17) is 0 Å². The number of anilines is 1. The van der Waals surface area contributed by atoms with E-state index in [9.17, 15) is 0 Å². The van der Waals surface area contributed by atoms with E-state index in [0.717, 1.165) is 44.0 Å². The van der Waals surface area contributed by atoms with E-state index >= 15 is 0 Å². The highest BCUT2D eigenvalue weighted by Crippen LogP contribution is 2.19. The van der Waals surface area contributed by atoms with E-state index < -0.39 is 0 Å². The summed E-state index contributed by atoms with van der Waals surface area (Å²) in [6.07, 6.45) is 6.33. The van der Waals surface area contributed by atoms with Crippen LogP contribution in [0, 0.1) is 5.92 Å². The number of nitrogens with zero attached hydrogens (tertiary/aromatic N) is 2. The number of para-hydroxylation sites is 1. The summed E-state index contributed by atoms with van der Waals surface area (Å²) in [6, 6.07) is 10.3. The molecular formula is C17H25N3. The van der Waals surface area contributed by atoms with E-state index in [-0.39, 0.29) is 0 Å². The molecule has 0 aliphatic carbocycles. The molecule has 0 spiro atoms. The van der Waals surface area contributed by atoms with Gasteiger partial charge >= 0.3 is 0 Å². The molecule has 1 heterocycles. The molecule has 1 unspecified atom stereocenters. The molecule has 0 aromatic heterocycles. The SMILES string of the molecule is CCN(CC)CCC1CC=CN=C1Nc1ccccc1. The molecule has 0 saturated heterocycles. The second-order valence-corrected chi connectivity index (χ2v) is 5.14. The van der Waals surface area contributed by atoms with Crippen molar-refractivity contribution < 1.29 is 0 Å². The van der Waals surface area contributed by atoms with Crippen molar-refractivity contribution in [2.24, 2.45) is 10.9 Å². The zero-order chi connectivity index (χ0) is 14.2. The van der Waals surface area contributed by atoms with Gasteiger partial charge in [-0.25, -0.2) is 4.99 Å². The molecular weight excluding hydrogens is 246 g/mol. The van der Waals surface area contributed by atoms with Crippen molar-refractivity contribution in [2.75, 3.05) is 25.0 Å². The minimum Gasteiger partial charge on any atom is -0.344 e. The van der Waals surface area contributed by atoms with Gasteiger partial charge in [0.25, 0.3) is 0 Å². The number of aliphatic imine (C=N–C) groups is 1. The van der Waals surface area contributed by atoms with E-state index in [2.05, 4.69) is 47.3 Å². The Morgan fingerprint density at radius 2 is 1.95 bits per heavy atom. The lowest BCUT2D eigenvalue weighted by atomic mass is 9.97. The average molecular weight is 271 g/mol. The fourth-order valence-electron chi connectivity index (χ4n) is 2.51. The Bertz CT molecular complexity index is 447. The second-order valence-electron chi connectivity index (χ2n) is 5.14. The second kappa shape index (κ2) is 7.85. The van der Waals surface area contributed by atoms with Gasteiger partial charge in [0.1, 0.15) is 5.84 Å². The Balaban J connectivity index is 1.95. The maximum absolute atomic E-state index is 4.54. The van der Waals surface area contributed by atoms with Gasteiger partial charge < -0.3 is 10.2 Å². The summed E-state index contributed by atoms with van der Waals surface area (Å²) < 4.78 is 0. The van der Waals surface area contributed by atoms with E-state index in [1.165, 1.54) is 0 Å². The molecule has 1 atom stereocenters. The quantitative estimate of drug-likeness (QED) is 0.853. The normalized spacial score (nSPS) is 18.1. The topological polar surface area (TPSA) is 27.6 Å². The van der Waals surface area contributed by atoms with Gasteiger partial charge in [-0.2, -0.15) is 0 Å². The molecule has 20 heavy (non-hydrogen) atoms. The van der Waals surface area contributed by atoms with Gasteiger partial charge in [-0.3, -0.25) is 0 Å². The summed E-state index contributed by atoms with van der Waals surface area (Å²) in [5.74, 6) is 1.60. The summed E-state index contributed by atoms with van der Waals surface area (Å²) in [5, 5.41) is 3.47. The maximum Gasteiger partial charge on any atom is 0.109 e. The van der Waals surface area contributed by atoms with Crippen molar-refractivity contribution in [3.05, 3.63) is 42.6 Å². The van der Waals surface area contributed by atoms with Crippen LogP contribution in [-0.4, -0.2) is 30.4 Å². The molecule has 2 rings (SSSR count). The predicted molar refractivity (Wildman–Crippen MR) is 87.2 cm³/mol. The highest BCUT2D eigenvalue weighted by molar-refractivity contribution is 5.98. The summed E-state index contributed by atoms with van der Waals surface area (Å²) >= 11 is 0. The Labute approximate surface area is 122 Å². The first kappa shape index (κ1) is 14.8. The molecule has 1 aromatic carbocycles. The van der Waals surface area contributed by atoms with Crippen molar-refractivity contribution in [2.45, 2.75) is 26.7 Å². The first-order valence-electron chi connectivity index (χ1n) is 7.60. The molecule has 3 nitrogen and oxygen atoms in total. The van der Waals surface area contributed by atoms with Crippen molar-refractivity contribution in [3.8, 4) is 0 Å². The third kappa shape index (κ3) is 4.20. The molecule has 0 fully saturated rings. The molecule has 0 bridgehead atoms. The van der Waals surface area contributed by atoms with Gasteiger partial charge in [0.2, 0.25) is 0 Å². The minimum atomic E-state index is 0.501. The molecule has 3 heteroatoms. The van der Waals surface area contributed by atoms with Crippen LogP contribution in [0.2, 0.25) is 0 Å². The van der Waals surface area contributed by atoms with Gasteiger partial charge in [-0.15, -0.1) is 0 Å². The Morgan fingerprint density at radius 1 is 1.20 bits per heavy atom. The molecule has 108 valence electrons. The zero-order valence-corrected chi connectivity index (χ0v) is 12.5. The number of hydrogen-bond donors (Lipinski definition) is 1. The minimum absolute atomic E-state index is 0.501. The zero-order valence-electron chi connectivity index (χ0n) is 12.5. The number of benzene rings is 1. The first-order chi connectivity index (χ1) is 9.83. The summed E-state index contributed by atoms with van der Waals surface area (Å²) in [6.45, 7) is 7.83. The average Bonchev–Trinajstić information content (AvgIpc) is 2.51. The fraction of sp³-hybridized carbons (Fsp3) is 0.471. The predicted octanol–water partition coefficient (Wildman–Crippen LogP) is 3.76. The molecule has 1 N–H and O–H groups in total. The van der Waals surface area contributed by atoms with E-state index in [0.29, 0.717) is 5.92 Å².